The van der Waals surface area contributed by atoms with Crippen molar-refractivity contribution in [3.63, 3.8) is 0 Å². The number of hydrogen-bond acceptors (Lipinski definition) is 8. The number of aliphatic hydroxyl groups is 1. The van der Waals surface area contributed by atoms with Crippen LogP contribution >= 0.6 is 0 Å². The predicted molar refractivity (Wildman–Crippen MR) is 189 cm³/mol. The number of nitrogens with one attached hydrogen (secondary N) is 2. The quantitative estimate of drug-likeness (QED) is 0.279. The van der Waals surface area contributed by atoms with Gasteiger partial charge in [-0.3, -0.25) is 28.6 Å². The standard InChI is InChI=1S/C35H41N5O5.C2H6O3S/c1-20(2)34(37-31(41)23-16-25-24-11-7-12-26-30(24)22(18-36-26)17-27(25)38(3)19-23)33(43)40-28(15-21-9-5-4-6-10-21)32(42)39-14-8-13-29(39)35(40,44)45-34;1-2-6(3,4)5/h4-7,9-12,18,20,23,25,27-29,36,44H,8,13-17,19H2,1-3H3,(H,37,41);2H2,1H3,(H,3,4,5)/t23?,25?,27?,28?,29?,34-,35+;/m0./s1. The van der Waals surface area contributed by atoms with Crippen molar-refractivity contribution < 1.29 is 37.2 Å². The highest BCUT2D eigenvalue weighted by Gasteiger charge is 2.72. The van der Waals surface area contributed by atoms with Gasteiger partial charge in [0.25, 0.3) is 21.9 Å². The van der Waals surface area contributed by atoms with Gasteiger partial charge in [0.2, 0.25) is 17.5 Å². The van der Waals surface area contributed by atoms with E-state index in [1.165, 1.54) is 28.3 Å². The minimum absolute atomic E-state index is 0.164. The van der Waals surface area contributed by atoms with E-state index in [1.54, 1.807) is 4.90 Å². The molecular weight excluding hydrogens is 675 g/mol. The lowest BCUT2D eigenvalue weighted by atomic mass is 9.72. The molecule has 1 aromatic heterocycles. The molecule has 14 heteroatoms. The van der Waals surface area contributed by atoms with E-state index in [4.69, 9.17) is 9.29 Å². The summed E-state index contributed by atoms with van der Waals surface area (Å²) in [5.41, 5.74) is 2.75. The van der Waals surface area contributed by atoms with Crippen LogP contribution < -0.4 is 5.32 Å². The van der Waals surface area contributed by atoms with Crippen molar-refractivity contribution in [1.29, 1.82) is 0 Å². The minimum atomic E-state index is -3.66. The first-order valence-electron chi connectivity index (χ1n) is 17.9. The molecule has 1 aliphatic carbocycles. The Balaban J connectivity index is 0.000000625. The molecule has 13 nitrogen and oxygen atoms in total. The predicted octanol–water partition coefficient (Wildman–Crippen LogP) is 2.61. The van der Waals surface area contributed by atoms with Crippen molar-refractivity contribution in [3.05, 3.63) is 71.4 Å². The number of H-pyrrole nitrogens is 1. The number of likely N-dealkylation sites (tertiary alicyclic amines) is 1. The van der Waals surface area contributed by atoms with Gasteiger partial charge in [-0.1, -0.05) is 56.3 Å². The van der Waals surface area contributed by atoms with Crippen LogP contribution in [0.2, 0.25) is 0 Å². The normalized spacial score (nSPS) is 31.6. The number of rotatable bonds is 6. The van der Waals surface area contributed by atoms with Crippen molar-refractivity contribution in [2.24, 2.45) is 11.8 Å². The number of carbonyl (C=O) groups is 3. The minimum Gasteiger partial charge on any atom is -0.361 e. The lowest BCUT2D eigenvalue weighted by Crippen LogP contribution is -2.71. The van der Waals surface area contributed by atoms with Gasteiger partial charge in [0.05, 0.1) is 11.7 Å². The Morgan fingerprint density at radius 2 is 1.86 bits per heavy atom. The smallest absolute Gasteiger partial charge is 0.281 e. The first kappa shape index (κ1) is 35.6. The second-order valence-corrected chi connectivity index (χ2v) is 16.7. The van der Waals surface area contributed by atoms with Crippen LogP contribution in [0.3, 0.4) is 0 Å². The first-order chi connectivity index (χ1) is 24.2. The van der Waals surface area contributed by atoms with Gasteiger partial charge in [0, 0.05) is 54.5 Å². The zero-order chi connectivity index (χ0) is 36.5. The Hall–Kier alpha value is -3.82. The number of likely N-dealkylation sites (N-methyl/N-ethyl adjacent to an activating group) is 1. The molecule has 4 fully saturated rings. The molecule has 2 aromatic carbocycles. The highest BCUT2D eigenvalue weighted by atomic mass is 32.2. The Labute approximate surface area is 298 Å². The molecule has 5 aliphatic rings. The Morgan fingerprint density at radius 1 is 1.14 bits per heavy atom. The third kappa shape index (κ3) is 5.94. The fraction of sp³-hybridized carbons (Fsp3) is 0.541. The average Bonchev–Trinajstić information content (AvgIpc) is 3.82. The molecule has 5 unspecified atom stereocenters. The van der Waals surface area contributed by atoms with E-state index >= 15 is 0 Å². The van der Waals surface area contributed by atoms with Crippen LogP contribution in [0.1, 0.15) is 62.6 Å². The maximum Gasteiger partial charge on any atom is 0.281 e. The summed E-state index contributed by atoms with van der Waals surface area (Å²) in [5, 5.41) is 16.6. The molecule has 4 saturated heterocycles. The topological polar surface area (TPSA) is 173 Å². The first-order valence-corrected chi connectivity index (χ1v) is 19.5. The third-order valence-electron chi connectivity index (χ3n) is 11.6. The van der Waals surface area contributed by atoms with E-state index in [0.29, 0.717) is 32.4 Å². The van der Waals surface area contributed by atoms with Crippen molar-refractivity contribution >= 4 is 38.7 Å². The van der Waals surface area contributed by atoms with Crippen molar-refractivity contribution in [1.82, 2.24) is 25.0 Å². The summed E-state index contributed by atoms with van der Waals surface area (Å²) in [4.78, 5) is 51.4. The van der Waals surface area contributed by atoms with Gasteiger partial charge in [-0.2, -0.15) is 8.42 Å². The number of fused-ring (bicyclic) bond motifs is 5. The van der Waals surface area contributed by atoms with Gasteiger partial charge >= 0.3 is 0 Å². The fourth-order valence-electron chi connectivity index (χ4n) is 8.99. The molecular formula is C37H47N5O8S. The molecule has 8 rings (SSSR count). The summed E-state index contributed by atoms with van der Waals surface area (Å²) < 4.78 is 33.4. The summed E-state index contributed by atoms with van der Waals surface area (Å²) in [6.45, 7) is 6.05. The lowest BCUT2D eigenvalue weighted by molar-refractivity contribution is -0.321. The summed E-state index contributed by atoms with van der Waals surface area (Å²) >= 11 is 0. The van der Waals surface area contributed by atoms with E-state index in [9.17, 15) is 27.9 Å². The number of nitrogens with zero attached hydrogens (tertiary/aromatic N) is 3. The van der Waals surface area contributed by atoms with Gasteiger partial charge in [-0.15, -0.1) is 0 Å². The number of benzene rings is 2. The number of piperazine rings is 1. The number of aromatic amines is 1. The molecule has 4 N–H and O–H groups in total. The number of carbonyl (C=O) groups excluding carboxylic acids is 3. The molecule has 0 saturated carbocycles. The largest absolute Gasteiger partial charge is 0.361 e. The molecule has 3 amide bonds. The maximum atomic E-state index is 14.6. The average molecular weight is 722 g/mol. The Morgan fingerprint density at radius 3 is 2.55 bits per heavy atom. The van der Waals surface area contributed by atoms with Gasteiger partial charge in [0.1, 0.15) is 12.1 Å². The fourth-order valence-corrected chi connectivity index (χ4v) is 8.99. The number of ether oxygens (including phenoxy) is 1. The number of hydrogen-bond donors (Lipinski definition) is 4. The molecule has 0 radical (unpaired) electrons. The van der Waals surface area contributed by atoms with Gasteiger partial charge in [0.15, 0.2) is 0 Å². The Bertz CT molecular complexity index is 1950. The van der Waals surface area contributed by atoms with Crippen LogP contribution in [0.25, 0.3) is 10.9 Å². The van der Waals surface area contributed by atoms with Crippen LogP contribution in [0, 0.1) is 11.8 Å². The molecule has 7 atom stereocenters. The molecule has 51 heavy (non-hydrogen) atoms. The monoisotopic (exact) mass is 721 g/mol. The molecule has 274 valence electrons. The zero-order valence-corrected chi connectivity index (χ0v) is 30.2. The second kappa shape index (κ2) is 13.0. The van der Waals surface area contributed by atoms with E-state index < -0.39 is 51.6 Å². The number of piperidine rings is 1. The number of aromatic nitrogens is 1. The molecule has 3 aromatic rings. The van der Waals surface area contributed by atoms with E-state index in [2.05, 4.69) is 46.6 Å². The van der Waals surface area contributed by atoms with Crippen LogP contribution in [0.4, 0.5) is 0 Å². The van der Waals surface area contributed by atoms with Crippen molar-refractivity contribution in [3.8, 4) is 0 Å². The maximum absolute atomic E-state index is 14.6. The highest BCUT2D eigenvalue weighted by Crippen LogP contribution is 2.49. The van der Waals surface area contributed by atoms with E-state index in [-0.39, 0.29) is 35.9 Å². The zero-order valence-electron chi connectivity index (χ0n) is 29.4. The summed E-state index contributed by atoms with van der Waals surface area (Å²) in [7, 11) is -1.59. The molecule has 4 aliphatic heterocycles. The van der Waals surface area contributed by atoms with Gasteiger partial charge in [-0.25, -0.2) is 0 Å². The van der Waals surface area contributed by atoms with Crippen LogP contribution in [-0.4, -0.2) is 111 Å². The van der Waals surface area contributed by atoms with Crippen LogP contribution in [-0.2, 0) is 42.1 Å². The lowest BCUT2D eigenvalue weighted by Gasteiger charge is -2.48. The van der Waals surface area contributed by atoms with E-state index in [1.807, 2.05) is 44.2 Å². The molecule has 0 bridgehead atoms. The summed E-state index contributed by atoms with van der Waals surface area (Å²) in [6.07, 6.45) is 5.12. The van der Waals surface area contributed by atoms with Crippen molar-refractivity contribution in [2.45, 2.75) is 88.6 Å². The van der Waals surface area contributed by atoms with Crippen LogP contribution in [0.5, 0.6) is 0 Å². The second-order valence-electron chi connectivity index (χ2n) is 14.9. The van der Waals surface area contributed by atoms with Crippen molar-refractivity contribution in [2.75, 3.05) is 25.9 Å². The number of amides is 3. The van der Waals surface area contributed by atoms with Gasteiger partial charge in [-0.05, 0) is 62.4 Å². The van der Waals surface area contributed by atoms with E-state index in [0.717, 1.165) is 17.5 Å². The third-order valence-corrected chi connectivity index (χ3v) is 12.3. The summed E-state index contributed by atoms with van der Waals surface area (Å²) in [5.74, 6) is -4.00. The van der Waals surface area contributed by atoms with Gasteiger partial charge < -0.3 is 25.2 Å². The summed E-state index contributed by atoms with van der Waals surface area (Å²) in [6, 6.07) is 14.5. The molecule has 0 spiro atoms. The Kier molecular flexibility index (Phi) is 9.06. The van der Waals surface area contributed by atoms with Crippen LogP contribution in [0.15, 0.2) is 54.7 Å². The SMILES string of the molecule is CC(C)[C@]1(NC(=O)C2CC3c4cccc5[nH]cc(c45)CC3N(C)C2)O[C@]2(O)C3CCCN3C(=O)C(Cc3ccccc3)N2C1=O.CCS(=O)(=O)O. The highest BCUT2D eigenvalue weighted by molar-refractivity contribution is 7.85. The molecule has 5 heterocycles.